The molecule has 0 saturated carbocycles. The van der Waals surface area contributed by atoms with Crippen molar-refractivity contribution >= 4 is 21.9 Å². The van der Waals surface area contributed by atoms with Crippen molar-refractivity contribution in [2.75, 3.05) is 6.61 Å². The highest BCUT2D eigenvalue weighted by Gasteiger charge is 2.43. The average Bonchev–Trinajstić information content (AvgIpc) is 2.37. The number of hydrogen-bond donors (Lipinski definition) is 0. The molecule has 0 radical (unpaired) electrons. The van der Waals surface area contributed by atoms with Gasteiger partial charge in [-0.3, -0.25) is 4.79 Å². The molecule has 1 heterocycles. The fourth-order valence-corrected chi connectivity index (χ4v) is 2.14. The van der Waals surface area contributed by atoms with Gasteiger partial charge in [0.25, 0.3) is 0 Å². The van der Waals surface area contributed by atoms with Crippen LogP contribution < -0.4 is 4.74 Å². The molecule has 1 aromatic heterocycles. The Kier molecular flexibility index (Phi) is 6.25. The third-order valence-corrected chi connectivity index (χ3v) is 3.09. The normalized spacial score (nSPS) is 12.2. The lowest BCUT2D eigenvalue weighted by molar-refractivity contribution is -0.276. The van der Waals surface area contributed by atoms with Crippen molar-refractivity contribution in [2.45, 2.75) is 31.2 Å². The number of aromatic nitrogens is 1. The van der Waals surface area contributed by atoms with Gasteiger partial charge in [-0.05, 0) is 12.5 Å². The molecule has 130 valence electrons. The zero-order valence-corrected chi connectivity index (χ0v) is 13.1. The summed E-state index contributed by atoms with van der Waals surface area (Å²) in [4.78, 5) is 14.5. The Balaban J connectivity index is 3.50. The summed E-state index contributed by atoms with van der Waals surface area (Å²) in [7, 11) is 0. The van der Waals surface area contributed by atoms with Crippen molar-refractivity contribution in [2.24, 2.45) is 0 Å². The molecule has 0 amide bonds. The van der Waals surface area contributed by atoms with E-state index < -0.39 is 41.9 Å². The Morgan fingerprint density at radius 1 is 1.26 bits per heavy atom. The number of alkyl halides is 7. The molecule has 0 aliphatic rings. The molecule has 11 heteroatoms. The van der Waals surface area contributed by atoms with E-state index in [0.717, 1.165) is 6.20 Å². The lowest BCUT2D eigenvalue weighted by Gasteiger charge is -2.19. The standard InChI is InChI=1S/C12H10BrF6NO3/c1-2-22-8(21)3-7-6(4-13)5-20-10(11(14,15)16)9(7)23-12(17,18)19/h5H,2-4H2,1H3. The number of carbonyl (C=O) groups excluding carboxylic acids is 1. The van der Waals surface area contributed by atoms with Gasteiger partial charge in [0.15, 0.2) is 11.4 Å². The van der Waals surface area contributed by atoms with Crippen LogP contribution >= 0.6 is 15.9 Å². The zero-order chi connectivity index (χ0) is 17.8. The first-order valence-corrected chi connectivity index (χ1v) is 7.17. The minimum atomic E-state index is -5.38. The van der Waals surface area contributed by atoms with Gasteiger partial charge in [-0.15, -0.1) is 13.2 Å². The molecular formula is C12H10BrF6NO3. The van der Waals surface area contributed by atoms with Crippen LogP contribution in [0.2, 0.25) is 0 Å². The molecule has 4 nitrogen and oxygen atoms in total. The number of ether oxygens (including phenoxy) is 2. The van der Waals surface area contributed by atoms with Crippen molar-refractivity contribution in [3.05, 3.63) is 23.0 Å². The topological polar surface area (TPSA) is 48.4 Å². The van der Waals surface area contributed by atoms with Crippen LogP contribution in [0.15, 0.2) is 6.20 Å². The quantitative estimate of drug-likeness (QED) is 0.419. The van der Waals surface area contributed by atoms with Crippen molar-refractivity contribution in [3.8, 4) is 5.75 Å². The highest BCUT2D eigenvalue weighted by molar-refractivity contribution is 9.08. The van der Waals surface area contributed by atoms with Crippen LogP contribution in [0.1, 0.15) is 23.7 Å². The first-order chi connectivity index (χ1) is 10.5. The van der Waals surface area contributed by atoms with Crippen LogP contribution in [0.5, 0.6) is 5.75 Å². The number of halogens is 7. The highest BCUT2D eigenvalue weighted by Crippen LogP contribution is 2.40. The molecule has 0 unspecified atom stereocenters. The van der Waals surface area contributed by atoms with Crippen LogP contribution in [0.3, 0.4) is 0 Å². The largest absolute Gasteiger partial charge is 0.573 e. The number of pyridine rings is 1. The van der Waals surface area contributed by atoms with Crippen molar-refractivity contribution in [1.29, 1.82) is 0 Å². The van der Waals surface area contributed by atoms with Crippen LogP contribution in [-0.2, 0) is 27.5 Å². The molecule has 0 atom stereocenters. The molecule has 0 fully saturated rings. The molecule has 0 aromatic carbocycles. The summed E-state index contributed by atoms with van der Waals surface area (Å²) in [6, 6.07) is 0. The third-order valence-electron chi connectivity index (χ3n) is 2.48. The summed E-state index contributed by atoms with van der Waals surface area (Å²) in [6.07, 6.45) is -10.6. The van der Waals surface area contributed by atoms with Gasteiger partial charge in [-0.1, -0.05) is 15.9 Å². The SMILES string of the molecule is CCOC(=O)Cc1c(CBr)cnc(C(F)(F)F)c1OC(F)(F)F. The minimum Gasteiger partial charge on any atom is -0.466 e. The third kappa shape index (κ3) is 5.56. The van der Waals surface area contributed by atoms with Crippen LogP contribution in [0.4, 0.5) is 26.3 Å². The Morgan fingerprint density at radius 2 is 1.87 bits per heavy atom. The van der Waals surface area contributed by atoms with Gasteiger partial charge >= 0.3 is 18.5 Å². The molecule has 0 N–H and O–H groups in total. The van der Waals surface area contributed by atoms with Crippen molar-refractivity contribution in [1.82, 2.24) is 4.98 Å². The Labute approximate surface area is 134 Å². The van der Waals surface area contributed by atoms with Crippen molar-refractivity contribution in [3.63, 3.8) is 0 Å². The molecule has 0 saturated heterocycles. The van der Waals surface area contributed by atoms with Gasteiger partial charge in [-0.25, -0.2) is 4.98 Å². The Morgan fingerprint density at radius 3 is 2.30 bits per heavy atom. The van der Waals surface area contributed by atoms with E-state index in [1.54, 1.807) is 0 Å². The lowest BCUT2D eigenvalue weighted by Crippen LogP contribution is -2.24. The zero-order valence-electron chi connectivity index (χ0n) is 11.5. The van der Waals surface area contributed by atoms with E-state index in [4.69, 9.17) is 0 Å². The first kappa shape index (κ1) is 19.5. The van der Waals surface area contributed by atoms with E-state index in [-0.39, 0.29) is 17.5 Å². The maximum Gasteiger partial charge on any atom is 0.573 e. The van der Waals surface area contributed by atoms with E-state index in [0.29, 0.717) is 0 Å². The fourth-order valence-electron chi connectivity index (χ4n) is 1.66. The average molecular weight is 410 g/mol. The van der Waals surface area contributed by atoms with Crippen LogP contribution in [-0.4, -0.2) is 23.9 Å². The molecule has 1 aromatic rings. The molecular weight excluding hydrogens is 400 g/mol. The molecule has 0 aliphatic heterocycles. The summed E-state index contributed by atoms with van der Waals surface area (Å²) in [6.45, 7) is 1.37. The lowest BCUT2D eigenvalue weighted by atomic mass is 10.0. The number of carbonyl (C=O) groups is 1. The molecule has 23 heavy (non-hydrogen) atoms. The highest BCUT2D eigenvalue weighted by atomic mass is 79.9. The smallest absolute Gasteiger partial charge is 0.466 e. The van der Waals surface area contributed by atoms with Crippen LogP contribution in [0, 0.1) is 0 Å². The monoisotopic (exact) mass is 409 g/mol. The van der Waals surface area contributed by atoms with E-state index >= 15 is 0 Å². The second-order valence-electron chi connectivity index (χ2n) is 4.10. The van der Waals surface area contributed by atoms with Gasteiger partial charge in [0.1, 0.15) is 0 Å². The fraction of sp³-hybridized carbons (Fsp3) is 0.500. The second kappa shape index (κ2) is 7.37. The van der Waals surface area contributed by atoms with E-state index in [9.17, 15) is 31.1 Å². The van der Waals surface area contributed by atoms with Gasteiger partial charge in [0.2, 0.25) is 0 Å². The molecule has 0 aliphatic carbocycles. The predicted octanol–water partition coefficient (Wildman–Crippen LogP) is 4.00. The van der Waals surface area contributed by atoms with Gasteiger partial charge < -0.3 is 9.47 Å². The maximum absolute atomic E-state index is 12.9. The summed E-state index contributed by atoms with van der Waals surface area (Å²) >= 11 is 2.92. The van der Waals surface area contributed by atoms with Gasteiger partial charge in [0, 0.05) is 17.1 Å². The van der Waals surface area contributed by atoms with Crippen molar-refractivity contribution < 1.29 is 40.6 Å². The maximum atomic E-state index is 12.9. The summed E-state index contributed by atoms with van der Waals surface area (Å²) in [5.41, 5.74) is -2.50. The first-order valence-electron chi connectivity index (χ1n) is 6.04. The Hall–Kier alpha value is -1.52. The van der Waals surface area contributed by atoms with Gasteiger partial charge in [-0.2, -0.15) is 13.2 Å². The van der Waals surface area contributed by atoms with Crippen LogP contribution in [0.25, 0.3) is 0 Å². The van der Waals surface area contributed by atoms with E-state index in [1.807, 2.05) is 0 Å². The molecule has 1 rings (SSSR count). The Bertz CT molecular complexity index is 573. The minimum absolute atomic E-state index is 0.0506. The number of esters is 1. The molecule has 0 spiro atoms. The van der Waals surface area contributed by atoms with E-state index in [1.165, 1.54) is 6.92 Å². The summed E-state index contributed by atoms with van der Waals surface area (Å²) < 4.78 is 84.1. The summed E-state index contributed by atoms with van der Waals surface area (Å²) in [5, 5.41) is -0.124. The number of rotatable bonds is 5. The molecule has 0 bridgehead atoms. The second-order valence-corrected chi connectivity index (χ2v) is 4.66. The number of nitrogens with zero attached hydrogens (tertiary/aromatic N) is 1. The van der Waals surface area contributed by atoms with Gasteiger partial charge in [0.05, 0.1) is 13.0 Å². The predicted molar refractivity (Wildman–Crippen MR) is 68.9 cm³/mol. The summed E-state index contributed by atoms with van der Waals surface area (Å²) in [5.74, 6) is -2.53. The number of hydrogen-bond acceptors (Lipinski definition) is 4. The van der Waals surface area contributed by atoms with E-state index in [2.05, 4.69) is 30.4 Å².